The highest BCUT2D eigenvalue weighted by atomic mass is 16.5. The number of carbonyl (C=O) groups excluding carboxylic acids is 4. The van der Waals surface area contributed by atoms with E-state index in [2.05, 4.69) is 0 Å². The lowest BCUT2D eigenvalue weighted by atomic mass is 9.74. The van der Waals surface area contributed by atoms with Crippen LogP contribution in [-0.4, -0.2) is 23.5 Å². The van der Waals surface area contributed by atoms with Crippen LogP contribution in [0.1, 0.15) is 74.0 Å². The third-order valence-electron chi connectivity index (χ3n) is 5.23. The third-order valence-corrected chi connectivity index (χ3v) is 5.23. The lowest BCUT2D eigenvalue weighted by Crippen LogP contribution is -2.27. The molecule has 0 radical (unpaired) electrons. The van der Waals surface area contributed by atoms with Crippen molar-refractivity contribution in [3.05, 3.63) is 58.7 Å². The number of ketones is 2. The topological polar surface area (TPSA) is 86.7 Å². The van der Waals surface area contributed by atoms with Crippen LogP contribution in [0.2, 0.25) is 0 Å². The predicted octanol–water partition coefficient (Wildman–Crippen LogP) is 4.46. The molecule has 1 aliphatic rings. The summed E-state index contributed by atoms with van der Waals surface area (Å²) in [5, 5.41) is 0. The van der Waals surface area contributed by atoms with Gasteiger partial charge in [0.2, 0.25) is 5.78 Å². The van der Waals surface area contributed by atoms with Crippen LogP contribution < -0.4 is 9.47 Å². The SMILES string of the molecule is CCC(=O)C1c2cccc(OC(=O)C(C)C)c2C(=O)c2c(OC(=O)C(C)C)cccc21. The highest BCUT2D eigenvalue weighted by Gasteiger charge is 2.39. The van der Waals surface area contributed by atoms with Crippen LogP contribution in [0.25, 0.3) is 0 Å². The molecule has 0 fully saturated rings. The minimum absolute atomic E-state index is 0.0883. The van der Waals surface area contributed by atoms with Crippen LogP contribution >= 0.6 is 0 Å². The highest BCUT2D eigenvalue weighted by Crippen LogP contribution is 2.44. The molecule has 0 unspecified atom stereocenters. The molecule has 0 spiro atoms. The van der Waals surface area contributed by atoms with Crippen molar-refractivity contribution in [2.75, 3.05) is 0 Å². The lowest BCUT2D eigenvalue weighted by molar-refractivity contribution is -0.138. The standard InChI is InChI=1S/C25H26O6/c1-6-17(26)20-15-9-7-11-18(30-24(28)13(2)3)21(15)23(27)22-16(20)10-8-12-19(22)31-25(29)14(4)5/h7-14,20H,6H2,1-5H3. The van der Waals surface area contributed by atoms with Gasteiger partial charge in [0.25, 0.3) is 0 Å². The molecular formula is C25H26O6. The number of carbonyl (C=O) groups is 4. The summed E-state index contributed by atoms with van der Waals surface area (Å²) in [7, 11) is 0. The Balaban J connectivity index is 2.23. The number of esters is 2. The van der Waals surface area contributed by atoms with Gasteiger partial charge in [0.05, 0.1) is 28.9 Å². The summed E-state index contributed by atoms with van der Waals surface area (Å²) in [5.41, 5.74) is 1.30. The van der Waals surface area contributed by atoms with Gasteiger partial charge in [-0.05, 0) is 23.3 Å². The van der Waals surface area contributed by atoms with Gasteiger partial charge in [-0.15, -0.1) is 0 Å². The van der Waals surface area contributed by atoms with E-state index in [4.69, 9.17) is 9.47 Å². The number of fused-ring (bicyclic) bond motifs is 2. The van der Waals surface area contributed by atoms with Crippen molar-refractivity contribution in [2.24, 2.45) is 11.8 Å². The number of benzene rings is 2. The van der Waals surface area contributed by atoms with E-state index in [0.717, 1.165) is 0 Å². The zero-order chi connectivity index (χ0) is 22.9. The summed E-state index contributed by atoms with van der Waals surface area (Å²) in [4.78, 5) is 51.0. The summed E-state index contributed by atoms with van der Waals surface area (Å²) in [5.74, 6) is -2.79. The van der Waals surface area contributed by atoms with Gasteiger partial charge in [0, 0.05) is 6.42 Å². The van der Waals surface area contributed by atoms with Crippen LogP contribution in [0, 0.1) is 11.8 Å². The first kappa shape index (κ1) is 22.4. The fourth-order valence-electron chi connectivity index (χ4n) is 3.53. The number of hydrogen-bond donors (Lipinski definition) is 0. The Morgan fingerprint density at radius 2 is 1.23 bits per heavy atom. The van der Waals surface area contributed by atoms with E-state index in [0.29, 0.717) is 11.1 Å². The summed E-state index contributed by atoms with van der Waals surface area (Å²) < 4.78 is 11.0. The fourth-order valence-corrected chi connectivity index (χ4v) is 3.53. The van der Waals surface area contributed by atoms with Gasteiger partial charge in [0.15, 0.2) is 0 Å². The van der Waals surface area contributed by atoms with E-state index < -0.39 is 35.5 Å². The van der Waals surface area contributed by atoms with Crippen LogP contribution in [0.4, 0.5) is 0 Å². The number of rotatable bonds is 6. The molecule has 0 amide bonds. The molecule has 0 saturated carbocycles. The molecule has 2 aromatic rings. The van der Waals surface area contributed by atoms with Crippen LogP contribution in [0.15, 0.2) is 36.4 Å². The monoisotopic (exact) mass is 422 g/mol. The molecular weight excluding hydrogens is 396 g/mol. The van der Waals surface area contributed by atoms with Crippen LogP contribution in [0.5, 0.6) is 11.5 Å². The highest BCUT2D eigenvalue weighted by molar-refractivity contribution is 6.18. The van der Waals surface area contributed by atoms with Crippen LogP contribution in [-0.2, 0) is 14.4 Å². The smallest absolute Gasteiger partial charge is 0.313 e. The average Bonchev–Trinajstić information content (AvgIpc) is 2.73. The average molecular weight is 422 g/mol. The van der Waals surface area contributed by atoms with Gasteiger partial charge in [-0.1, -0.05) is 58.9 Å². The first-order valence-electron chi connectivity index (χ1n) is 10.4. The van der Waals surface area contributed by atoms with E-state index in [9.17, 15) is 19.2 Å². The van der Waals surface area contributed by atoms with Gasteiger partial charge >= 0.3 is 11.9 Å². The maximum Gasteiger partial charge on any atom is 0.313 e. The molecule has 0 bridgehead atoms. The Morgan fingerprint density at radius 3 is 1.58 bits per heavy atom. The first-order valence-corrected chi connectivity index (χ1v) is 10.4. The largest absolute Gasteiger partial charge is 0.426 e. The van der Waals surface area contributed by atoms with E-state index in [1.54, 1.807) is 58.9 Å². The van der Waals surface area contributed by atoms with Crippen LogP contribution in [0.3, 0.4) is 0 Å². The summed E-state index contributed by atoms with van der Waals surface area (Å²) >= 11 is 0. The van der Waals surface area contributed by atoms with Gasteiger partial charge < -0.3 is 9.47 Å². The van der Waals surface area contributed by atoms with Gasteiger partial charge in [-0.3, -0.25) is 19.2 Å². The summed E-state index contributed by atoms with van der Waals surface area (Å²) in [6, 6.07) is 9.82. The minimum atomic E-state index is -0.719. The molecule has 0 aliphatic heterocycles. The zero-order valence-corrected chi connectivity index (χ0v) is 18.4. The number of Topliss-reactive ketones (excluding diaryl/α,β-unsaturated/α-hetero) is 1. The molecule has 0 heterocycles. The second-order valence-corrected chi connectivity index (χ2v) is 8.17. The molecule has 6 heteroatoms. The molecule has 0 aromatic heterocycles. The van der Waals surface area contributed by atoms with Crippen molar-refractivity contribution in [2.45, 2.75) is 47.0 Å². The van der Waals surface area contributed by atoms with Crippen molar-refractivity contribution < 1.29 is 28.7 Å². The predicted molar refractivity (Wildman–Crippen MR) is 114 cm³/mol. The van der Waals surface area contributed by atoms with Crippen molar-refractivity contribution >= 4 is 23.5 Å². The number of ether oxygens (including phenoxy) is 2. The molecule has 1 aliphatic carbocycles. The van der Waals surface area contributed by atoms with E-state index >= 15 is 0 Å². The second-order valence-electron chi connectivity index (χ2n) is 8.17. The lowest BCUT2D eigenvalue weighted by Gasteiger charge is -2.28. The van der Waals surface area contributed by atoms with Gasteiger partial charge in [0.1, 0.15) is 17.3 Å². The van der Waals surface area contributed by atoms with E-state index in [-0.39, 0.29) is 34.8 Å². The molecule has 0 atom stereocenters. The molecule has 0 N–H and O–H groups in total. The zero-order valence-electron chi connectivity index (χ0n) is 18.4. The van der Waals surface area contributed by atoms with Gasteiger partial charge in [-0.25, -0.2) is 0 Å². The summed E-state index contributed by atoms with van der Waals surface area (Å²) in [6.45, 7) is 8.54. The van der Waals surface area contributed by atoms with E-state index in [1.807, 2.05) is 0 Å². The van der Waals surface area contributed by atoms with Crippen molar-refractivity contribution in [1.82, 2.24) is 0 Å². The quantitative estimate of drug-likeness (QED) is 0.504. The van der Waals surface area contributed by atoms with Gasteiger partial charge in [-0.2, -0.15) is 0 Å². The first-order chi connectivity index (χ1) is 14.7. The van der Waals surface area contributed by atoms with Crippen molar-refractivity contribution in [3.63, 3.8) is 0 Å². The molecule has 162 valence electrons. The molecule has 2 aromatic carbocycles. The van der Waals surface area contributed by atoms with Crippen molar-refractivity contribution in [1.29, 1.82) is 0 Å². The Morgan fingerprint density at radius 1 is 0.806 bits per heavy atom. The molecule has 31 heavy (non-hydrogen) atoms. The normalized spacial score (nSPS) is 13.1. The Labute approximate surface area is 181 Å². The van der Waals surface area contributed by atoms with Crippen molar-refractivity contribution in [3.8, 4) is 11.5 Å². The Kier molecular flexibility index (Phi) is 6.39. The summed E-state index contributed by atoms with van der Waals surface area (Å²) in [6.07, 6.45) is 0.254. The maximum absolute atomic E-state index is 13.6. The molecule has 6 nitrogen and oxygen atoms in total. The minimum Gasteiger partial charge on any atom is -0.426 e. The number of hydrogen-bond acceptors (Lipinski definition) is 6. The van der Waals surface area contributed by atoms with E-state index in [1.165, 1.54) is 12.1 Å². The second kappa shape index (κ2) is 8.84. The maximum atomic E-state index is 13.6. The third kappa shape index (κ3) is 4.15. The molecule has 3 rings (SSSR count). The molecule has 0 saturated heterocycles. The fraction of sp³-hybridized carbons (Fsp3) is 0.360. The Bertz CT molecular complexity index is 988. The Hall–Kier alpha value is -3.28.